The second kappa shape index (κ2) is 36.2. The molecular formula is C22H34Cu2MnN4O10S2. The molecule has 0 aromatic heterocycles. The molecule has 0 amide bonds. The van der Waals surface area contributed by atoms with E-state index in [1.54, 1.807) is 38.9 Å². The fourth-order valence-electron chi connectivity index (χ4n) is 1.56. The maximum absolute atomic E-state index is 10.6. The minimum Gasteiger partial charge on any atom is -0.876 e. The largest absolute Gasteiger partial charge is 2.00 e. The van der Waals surface area contributed by atoms with E-state index in [0.717, 1.165) is 0 Å². The number of rotatable bonds is 8. The maximum atomic E-state index is 10.6. The fourth-order valence-corrected chi connectivity index (χ4v) is 1.56. The van der Waals surface area contributed by atoms with Gasteiger partial charge in [0.05, 0.1) is 38.1 Å². The van der Waals surface area contributed by atoms with Gasteiger partial charge in [-0.15, -0.1) is 11.5 Å². The summed E-state index contributed by atoms with van der Waals surface area (Å²) >= 11 is 0. The third-order valence-corrected chi connectivity index (χ3v) is 2.61. The Hall–Kier alpha value is -1.84. The number of hydrogen-bond acceptors (Lipinski definition) is 14. The maximum Gasteiger partial charge on any atom is 2.00 e. The van der Waals surface area contributed by atoms with Crippen LogP contribution in [0, 0.1) is 0 Å². The minimum atomic E-state index is -1.83. The molecule has 3 radical (unpaired) electrons. The predicted molar refractivity (Wildman–Crippen MR) is 138 cm³/mol. The smallest absolute Gasteiger partial charge is 0.876 e. The van der Waals surface area contributed by atoms with Crippen LogP contribution in [0.3, 0.4) is 0 Å². The molecule has 0 heterocycles. The van der Waals surface area contributed by atoms with Crippen LogP contribution < -0.4 is 30.6 Å². The third kappa shape index (κ3) is 62.9. The van der Waals surface area contributed by atoms with E-state index < -0.39 is 45.3 Å². The average Bonchev–Trinajstić information content (AvgIpc) is 2.72. The molecule has 0 aromatic carbocycles. The molecule has 14 nitrogen and oxygen atoms in total. The number of aliphatic carboxylic acids is 2. The second-order valence-corrected chi connectivity index (χ2v) is 9.95. The molecule has 0 bridgehead atoms. The van der Waals surface area contributed by atoms with Crippen molar-refractivity contribution in [2.75, 3.05) is 51.2 Å². The Morgan fingerprint density at radius 2 is 0.756 bits per heavy atom. The van der Waals surface area contributed by atoms with Crippen molar-refractivity contribution < 1.29 is 99.9 Å². The van der Waals surface area contributed by atoms with E-state index in [1.807, 2.05) is 0 Å². The number of aliphatic imine (C=N–C) groups is 4. The van der Waals surface area contributed by atoms with Crippen molar-refractivity contribution in [3.05, 3.63) is 23.7 Å². The number of carboxylic acid groups (broad SMARTS) is 2. The summed E-state index contributed by atoms with van der Waals surface area (Å²) in [5.41, 5.74) is 1.03. The van der Waals surface area contributed by atoms with Gasteiger partial charge in [0.1, 0.15) is 0 Å². The summed E-state index contributed by atoms with van der Waals surface area (Å²) in [5.74, 6) is -6.49. The molecule has 0 unspecified atom stereocenters. The van der Waals surface area contributed by atoms with Crippen LogP contribution in [0.25, 0.3) is 0 Å². The van der Waals surface area contributed by atoms with Crippen molar-refractivity contribution in [3.8, 4) is 0 Å². The number of carbonyl (C=O) groups excluding carboxylic acids is 2. The number of hydrogen-bond donors (Lipinski definition) is 0. The Labute approximate surface area is 277 Å². The van der Waals surface area contributed by atoms with Gasteiger partial charge >= 0.3 is 51.2 Å². The molecule has 0 aliphatic heterocycles. The van der Waals surface area contributed by atoms with Gasteiger partial charge in [-0.25, -0.2) is 0 Å². The third-order valence-electron chi connectivity index (χ3n) is 2.61. The van der Waals surface area contributed by atoms with Crippen LogP contribution in [0.15, 0.2) is 43.6 Å². The van der Waals surface area contributed by atoms with Crippen LogP contribution in [0.1, 0.15) is 27.7 Å². The molecule has 0 fully saturated rings. The van der Waals surface area contributed by atoms with Gasteiger partial charge < -0.3 is 40.2 Å². The van der Waals surface area contributed by atoms with Crippen LogP contribution in [0.5, 0.6) is 0 Å². The van der Waals surface area contributed by atoms with Crippen LogP contribution in [-0.2, 0) is 82.4 Å². The van der Waals surface area contributed by atoms with Gasteiger partial charge in [0, 0.05) is 69.8 Å². The Morgan fingerprint density at radius 1 is 0.561 bits per heavy atom. The van der Waals surface area contributed by atoms with Crippen molar-refractivity contribution >= 4 is 56.8 Å². The Balaban J connectivity index is -0.0000000843. The summed E-state index contributed by atoms with van der Waals surface area (Å²) < 4.78 is 19.1. The van der Waals surface area contributed by atoms with Gasteiger partial charge in [-0.2, -0.15) is 0 Å². The van der Waals surface area contributed by atoms with Crippen molar-refractivity contribution in [1.82, 2.24) is 0 Å². The zero-order chi connectivity index (χ0) is 30.8. The number of allylic oxidation sites excluding steroid dienone is 4. The summed E-state index contributed by atoms with van der Waals surface area (Å²) in [5, 5.41) is 61.9. The van der Waals surface area contributed by atoms with Crippen molar-refractivity contribution in [3.63, 3.8) is 0 Å². The first kappa shape index (κ1) is 55.1. The first-order chi connectivity index (χ1) is 17.3. The summed E-state index contributed by atoms with van der Waals surface area (Å²) in [6, 6.07) is 0. The molecule has 0 atom stereocenters. The van der Waals surface area contributed by atoms with E-state index in [9.17, 15) is 48.6 Å². The molecule has 243 valence electrons. The van der Waals surface area contributed by atoms with Crippen molar-refractivity contribution in [2.45, 2.75) is 27.7 Å². The molecule has 0 rings (SSSR count). The summed E-state index contributed by atoms with van der Waals surface area (Å²) in [7, 11) is -1.22. The van der Waals surface area contributed by atoms with Gasteiger partial charge in [0.25, 0.3) is 0 Å². The molecule has 0 N–H and O–H groups in total. The standard InChI is InChI=1S/2C9H14N2O4.2C2H6OS.2Cu.Mn/c2*1-6(5-7(2)12)10-3-4-11-8(13)9(14)15;2*1-4(2)3;;;/h2*5,12H,3-4H2,1-2H3,(H,11,13)(H,14,15);2*1-2H3;;;/q;;;;3*+2/p-6/b2*7-5-,10-6?;;;;;. The van der Waals surface area contributed by atoms with E-state index in [0.29, 0.717) is 11.4 Å². The molecule has 0 aromatic rings. The van der Waals surface area contributed by atoms with E-state index in [-0.39, 0.29) is 88.9 Å². The van der Waals surface area contributed by atoms with Crippen LogP contribution in [-0.4, -0.2) is 94.8 Å². The zero-order valence-electron chi connectivity index (χ0n) is 23.7. The van der Waals surface area contributed by atoms with Gasteiger partial charge in [-0.1, -0.05) is 26.0 Å². The average molecular weight is 761 g/mol. The van der Waals surface area contributed by atoms with E-state index in [2.05, 4.69) is 20.0 Å². The van der Waals surface area contributed by atoms with Gasteiger partial charge in [-0.05, 0) is 13.8 Å². The quantitative estimate of drug-likeness (QED) is 0.0745. The van der Waals surface area contributed by atoms with Crippen LogP contribution >= 0.6 is 0 Å². The van der Waals surface area contributed by atoms with Crippen molar-refractivity contribution in [2.24, 2.45) is 20.0 Å². The Morgan fingerprint density at radius 3 is 0.927 bits per heavy atom. The SMILES string of the molecule is CC(/C=C(/C)[O-])=NCCN=C([O-])C(=O)[O-].CC(/C=C(/C)[O-])=NCCN=C([O-])C(=O)[O-].CS(C)=O.CS(C)=O.[Cu+2].[Cu+2].[Mn+2]. The molecule has 0 spiro atoms. The Bertz CT molecular complexity index is 882. The summed E-state index contributed by atoms with van der Waals surface area (Å²) in [4.78, 5) is 34.0. The molecule has 0 aliphatic rings. The fraction of sp³-hybridized carbons (Fsp3) is 0.545. The van der Waals surface area contributed by atoms with E-state index >= 15 is 0 Å². The monoisotopic (exact) mass is 759 g/mol. The number of carbonyl (C=O) groups is 2. The molecule has 41 heavy (non-hydrogen) atoms. The first-order valence-corrected chi connectivity index (χ1v) is 14.3. The van der Waals surface area contributed by atoms with Crippen LogP contribution in [0.4, 0.5) is 0 Å². The summed E-state index contributed by atoms with van der Waals surface area (Å²) in [6.45, 7) is 6.30. The van der Waals surface area contributed by atoms with Gasteiger partial charge in [0.15, 0.2) is 0 Å². The molecule has 0 saturated heterocycles. The van der Waals surface area contributed by atoms with Gasteiger partial charge in [0.2, 0.25) is 0 Å². The second-order valence-electron chi connectivity index (χ2n) is 6.99. The Kier molecular flexibility index (Phi) is 48.7. The topological polar surface area (TPSA) is 256 Å². The van der Waals surface area contributed by atoms with Gasteiger partial charge in [-0.3, -0.25) is 28.4 Å². The molecule has 19 heteroatoms. The van der Waals surface area contributed by atoms with Crippen molar-refractivity contribution in [1.29, 1.82) is 0 Å². The van der Waals surface area contributed by atoms with Crippen LogP contribution in [0.2, 0.25) is 0 Å². The van der Waals surface area contributed by atoms with E-state index in [1.165, 1.54) is 26.0 Å². The molecular weight excluding hydrogens is 726 g/mol. The minimum absolute atomic E-state index is 0. The molecule has 0 aliphatic carbocycles. The first-order valence-electron chi connectivity index (χ1n) is 10.4. The predicted octanol–water partition coefficient (Wildman–Crippen LogP) is -5.58. The summed E-state index contributed by atoms with van der Waals surface area (Å²) in [6.07, 6.45) is 9.22. The zero-order valence-corrected chi connectivity index (χ0v) is 28.3. The normalized spacial score (nSPS) is 12.0. The number of nitrogens with zero attached hydrogens (tertiary/aromatic N) is 4. The number of carboxylic acids is 2. The van der Waals surface area contributed by atoms with E-state index in [4.69, 9.17) is 0 Å². The molecule has 0 saturated carbocycles.